The molecule has 4 rings (SSSR count). The van der Waals surface area contributed by atoms with Crippen molar-refractivity contribution in [3.8, 4) is 0 Å². The molecule has 6 heteroatoms. The Morgan fingerprint density at radius 2 is 2.00 bits per heavy atom. The summed E-state index contributed by atoms with van der Waals surface area (Å²) in [4.78, 5) is 16.8. The molecule has 2 N–H and O–H groups in total. The lowest BCUT2D eigenvalue weighted by atomic mass is 10.1. The molecule has 1 saturated heterocycles. The van der Waals surface area contributed by atoms with E-state index < -0.39 is 0 Å². The first-order valence-corrected chi connectivity index (χ1v) is 9.27. The fourth-order valence-corrected chi connectivity index (χ4v) is 3.83. The van der Waals surface area contributed by atoms with E-state index in [0.717, 1.165) is 55.9 Å². The van der Waals surface area contributed by atoms with E-state index in [9.17, 15) is 5.11 Å². The minimum Gasteiger partial charge on any atom is -0.396 e. The Morgan fingerprint density at radius 3 is 2.85 bits per heavy atom. The molecule has 1 aliphatic rings. The molecule has 6 nitrogen and oxygen atoms in total. The van der Waals surface area contributed by atoms with Gasteiger partial charge < -0.3 is 15.0 Å². The van der Waals surface area contributed by atoms with Crippen LogP contribution in [0.15, 0.2) is 48.9 Å². The van der Waals surface area contributed by atoms with Crippen LogP contribution in [0.5, 0.6) is 0 Å². The quantitative estimate of drug-likeness (QED) is 0.712. The number of rotatable bonds is 6. The van der Waals surface area contributed by atoms with Crippen LogP contribution in [0.1, 0.15) is 12.0 Å². The maximum Gasteiger partial charge on any atom is 0.142 e. The van der Waals surface area contributed by atoms with Crippen LogP contribution in [0, 0.1) is 0 Å². The Hall–Kier alpha value is -2.44. The third-order valence-corrected chi connectivity index (χ3v) is 5.23. The second kappa shape index (κ2) is 7.85. The summed E-state index contributed by atoms with van der Waals surface area (Å²) in [5.74, 6) is 0.988. The number of nitrogens with one attached hydrogen (secondary N) is 1. The number of hydrogen-bond acceptors (Lipinski definition) is 5. The fraction of sp³-hybridized carbons (Fsp3) is 0.400. The van der Waals surface area contributed by atoms with E-state index in [4.69, 9.17) is 0 Å². The molecule has 0 saturated carbocycles. The van der Waals surface area contributed by atoms with Gasteiger partial charge in [-0.1, -0.05) is 30.3 Å². The van der Waals surface area contributed by atoms with Crippen molar-refractivity contribution >= 4 is 16.9 Å². The van der Waals surface area contributed by atoms with Gasteiger partial charge in [0.15, 0.2) is 0 Å². The lowest BCUT2D eigenvalue weighted by molar-refractivity contribution is 0.143. The predicted octanol–water partition coefficient (Wildman–Crippen LogP) is 2.07. The third kappa shape index (κ3) is 3.57. The Bertz CT molecular complexity index is 834. The summed E-state index contributed by atoms with van der Waals surface area (Å²) in [5, 5.41) is 10.6. The molecule has 0 amide bonds. The SMILES string of the molecule is OCCC1CN(c2ncnc3[nH]ccc23)CCN1CCc1ccccc1. The molecule has 0 bridgehead atoms. The van der Waals surface area contributed by atoms with Crippen molar-refractivity contribution in [3.05, 3.63) is 54.5 Å². The Morgan fingerprint density at radius 1 is 1.12 bits per heavy atom. The zero-order valence-electron chi connectivity index (χ0n) is 14.9. The highest BCUT2D eigenvalue weighted by Crippen LogP contribution is 2.25. The highest BCUT2D eigenvalue weighted by Gasteiger charge is 2.28. The molecule has 1 atom stereocenters. The van der Waals surface area contributed by atoms with Crippen molar-refractivity contribution in [2.24, 2.45) is 0 Å². The summed E-state index contributed by atoms with van der Waals surface area (Å²) < 4.78 is 0. The standard InChI is InChI=1S/C20H25N5O/c26-13-8-17-14-25(20-18-6-9-21-19(18)22-15-23-20)12-11-24(17)10-7-16-4-2-1-3-5-16/h1-6,9,15,17,26H,7-8,10-14H2,(H,21,22,23). The number of anilines is 1. The minimum atomic E-state index is 0.212. The number of nitrogens with zero attached hydrogens (tertiary/aromatic N) is 4. The molecule has 1 aromatic carbocycles. The van der Waals surface area contributed by atoms with Gasteiger partial charge in [-0.05, 0) is 24.5 Å². The Balaban J connectivity index is 1.47. The summed E-state index contributed by atoms with van der Waals surface area (Å²) >= 11 is 0. The molecule has 0 radical (unpaired) electrons. The first kappa shape index (κ1) is 17.0. The van der Waals surface area contributed by atoms with Crippen molar-refractivity contribution in [2.75, 3.05) is 37.7 Å². The molecule has 1 unspecified atom stereocenters. The minimum absolute atomic E-state index is 0.212. The van der Waals surface area contributed by atoms with Crippen molar-refractivity contribution in [1.82, 2.24) is 19.9 Å². The van der Waals surface area contributed by atoms with Crippen LogP contribution in [0.2, 0.25) is 0 Å². The number of aromatic nitrogens is 3. The van der Waals surface area contributed by atoms with Gasteiger partial charge in [0.05, 0.1) is 5.39 Å². The van der Waals surface area contributed by atoms with Crippen molar-refractivity contribution in [3.63, 3.8) is 0 Å². The number of aromatic amines is 1. The van der Waals surface area contributed by atoms with Crippen LogP contribution in [0.4, 0.5) is 5.82 Å². The van der Waals surface area contributed by atoms with Crippen LogP contribution in [0.25, 0.3) is 11.0 Å². The van der Waals surface area contributed by atoms with Gasteiger partial charge in [0, 0.05) is 45.0 Å². The van der Waals surface area contributed by atoms with Crippen LogP contribution in [-0.4, -0.2) is 63.8 Å². The monoisotopic (exact) mass is 351 g/mol. The van der Waals surface area contributed by atoms with Gasteiger partial charge in [-0.2, -0.15) is 0 Å². The first-order valence-electron chi connectivity index (χ1n) is 9.27. The van der Waals surface area contributed by atoms with Gasteiger partial charge in [-0.3, -0.25) is 4.90 Å². The van der Waals surface area contributed by atoms with E-state index in [1.165, 1.54) is 5.56 Å². The predicted molar refractivity (Wildman–Crippen MR) is 103 cm³/mol. The highest BCUT2D eigenvalue weighted by molar-refractivity contribution is 5.87. The number of aliphatic hydroxyl groups excluding tert-OH is 1. The van der Waals surface area contributed by atoms with E-state index in [-0.39, 0.29) is 6.61 Å². The molecule has 136 valence electrons. The number of aliphatic hydroxyl groups is 1. The summed E-state index contributed by atoms with van der Waals surface area (Å²) in [7, 11) is 0. The molecular formula is C20H25N5O. The molecule has 26 heavy (non-hydrogen) atoms. The second-order valence-electron chi connectivity index (χ2n) is 6.82. The largest absolute Gasteiger partial charge is 0.396 e. The average Bonchev–Trinajstić information content (AvgIpc) is 3.17. The second-order valence-corrected chi connectivity index (χ2v) is 6.82. The zero-order valence-corrected chi connectivity index (χ0v) is 14.9. The number of H-pyrrole nitrogens is 1. The van der Waals surface area contributed by atoms with E-state index in [1.807, 2.05) is 12.3 Å². The molecule has 1 fully saturated rings. The van der Waals surface area contributed by atoms with Gasteiger partial charge >= 0.3 is 0 Å². The molecule has 3 aromatic rings. The van der Waals surface area contributed by atoms with Gasteiger partial charge in [0.25, 0.3) is 0 Å². The first-order chi connectivity index (χ1) is 12.8. The molecule has 2 aromatic heterocycles. The number of benzene rings is 1. The van der Waals surface area contributed by atoms with Crippen LogP contribution >= 0.6 is 0 Å². The summed E-state index contributed by atoms with van der Waals surface area (Å²) in [5.41, 5.74) is 2.24. The molecular weight excluding hydrogens is 326 g/mol. The van der Waals surface area contributed by atoms with E-state index >= 15 is 0 Å². The number of fused-ring (bicyclic) bond motifs is 1. The van der Waals surface area contributed by atoms with Gasteiger partial charge in [-0.15, -0.1) is 0 Å². The van der Waals surface area contributed by atoms with Crippen LogP contribution in [0.3, 0.4) is 0 Å². The fourth-order valence-electron chi connectivity index (χ4n) is 3.83. The lowest BCUT2D eigenvalue weighted by Crippen LogP contribution is -2.54. The Kier molecular flexibility index (Phi) is 5.13. The lowest BCUT2D eigenvalue weighted by Gasteiger charge is -2.42. The van der Waals surface area contributed by atoms with Crippen LogP contribution in [-0.2, 0) is 6.42 Å². The normalized spacial score (nSPS) is 18.5. The van der Waals surface area contributed by atoms with Crippen LogP contribution < -0.4 is 4.90 Å². The summed E-state index contributed by atoms with van der Waals surface area (Å²) in [6, 6.07) is 13.0. The van der Waals surface area contributed by atoms with E-state index in [1.54, 1.807) is 6.33 Å². The highest BCUT2D eigenvalue weighted by atomic mass is 16.3. The van der Waals surface area contributed by atoms with Gasteiger partial charge in [0.1, 0.15) is 17.8 Å². The average molecular weight is 351 g/mol. The Labute approximate surface area is 153 Å². The van der Waals surface area contributed by atoms with E-state index in [0.29, 0.717) is 6.04 Å². The maximum atomic E-state index is 9.54. The van der Waals surface area contributed by atoms with Gasteiger partial charge in [0.2, 0.25) is 0 Å². The molecule has 3 heterocycles. The van der Waals surface area contributed by atoms with Crippen molar-refractivity contribution in [2.45, 2.75) is 18.9 Å². The summed E-state index contributed by atoms with van der Waals surface area (Å²) in [6.07, 6.45) is 5.35. The van der Waals surface area contributed by atoms with Gasteiger partial charge in [-0.25, -0.2) is 9.97 Å². The molecule has 0 aliphatic carbocycles. The number of hydrogen-bond donors (Lipinski definition) is 2. The number of piperazine rings is 1. The van der Waals surface area contributed by atoms with E-state index in [2.05, 4.69) is 55.1 Å². The zero-order chi connectivity index (χ0) is 17.8. The molecule has 0 spiro atoms. The van der Waals surface area contributed by atoms with Crippen molar-refractivity contribution < 1.29 is 5.11 Å². The summed E-state index contributed by atoms with van der Waals surface area (Å²) in [6.45, 7) is 4.03. The topological polar surface area (TPSA) is 68.3 Å². The van der Waals surface area contributed by atoms with Crippen molar-refractivity contribution in [1.29, 1.82) is 0 Å². The maximum absolute atomic E-state index is 9.54. The third-order valence-electron chi connectivity index (χ3n) is 5.23. The molecule has 1 aliphatic heterocycles. The smallest absolute Gasteiger partial charge is 0.142 e.